The van der Waals surface area contributed by atoms with E-state index in [2.05, 4.69) is 9.47 Å². The minimum absolute atomic E-state index is 0.383. The van der Waals surface area contributed by atoms with Crippen molar-refractivity contribution < 1.29 is 28.2 Å². The average molecular weight is 211 g/mol. The van der Waals surface area contributed by atoms with Crippen molar-refractivity contribution in [3.63, 3.8) is 0 Å². The van der Waals surface area contributed by atoms with Gasteiger partial charge in [-0.05, 0) is 5.92 Å². The lowest BCUT2D eigenvalue weighted by Gasteiger charge is -2.29. The number of carboxylic acids is 1. The molecular formula is C8H13F2O4-. The van der Waals surface area contributed by atoms with Crippen molar-refractivity contribution in [3.05, 3.63) is 0 Å². The maximum atomic E-state index is 12.9. The third kappa shape index (κ3) is 3.19. The van der Waals surface area contributed by atoms with Crippen LogP contribution in [0.15, 0.2) is 0 Å². The molecule has 0 N–H and O–H groups in total. The Labute approximate surface area is 80.8 Å². The van der Waals surface area contributed by atoms with Gasteiger partial charge in [0.05, 0.1) is 0 Å². The number of methoxy groups -OCH3 is 1. The van der Waals surface area contributed by atoms with E-state index in [1.165, 1.54) is 21.0 Å². The highest BCUT2D eigenvalue weighted by Crippen LogP contribution is 2.26. The average Bonchev–Trinajstić information content (AvgIpc) is 2.03. The Morgan fingerprint density at radius 3 is 2.29 bits per heavy atom. The van der Waals surface area contributed by atoms with E-state index in [1.807, 2.05) is 0 Å². The SMILES string of the molecule is COCOC(C(C)C)C(F)(F)C(=O)[O-]. The topological polar surface area (TPSA) is 58.6 Å². The molecule has 6 heteroatoms. The predicted octanol–water partition coefficient (Wildman–Crippen LogP) is 0.0167. The van der Waals surface area contributed by atoms with Crippen molar-refractivity contribution in [3.8, 4) is 0 Å². The van der Waals surface area contributed by atoms with Gasteiger partial charge in [0.25, 0.3) is 0 Å². The van der Waals surface area contributed by atoms with Crippen LogP contribution in [0.25, 0.3) is 0 Å². The van der Waals surface area contributed by atoms with E-state index in [-0.39, 0.29) is 6.79 Å². The van der Waals surface area contributed by atoms with Gasteiger partial charge in [-0.3, -0.25) is 0 Å². The summed E-state index contributed by atoms with van der Waals surface area (Å²) in [5.41, 5.74) is 0. The van der Waals surface area contributed by atoms with Crippen LogP contribution in [0.5, 0.6) is 0 Å². The number of hydrogen-bond donors (Lipinski definition) is 0. The van der Waals surface area contributed by atoms with Crippen molar-refractivity contribution >= 4 is 5.97 Å². The Morgan fingerprint density at radius 1 is 1.50 bits per heavy atom. The van der Waals surface area contributed by atoms with Crippen LogP contribution in [0.4, 0.5) is 8.78 Å². The molecule has 1 unspecified atom stereocenters. The first-order chi connectivity index (χ1) is 6.34. The van der Waals surface area contributed by atoms with Gasteiger partial charge in [-0.25, -0.2) is 0 Å². The zero-order valence-corrected chi connectivity index (χ0v) is 8.25. The third-order valence-corrected chi connectivity index (χ3v) is 1.60. The van der Waals surface area contributed by atoms with Crippen LogP contribution in [0, 0.1) is 5.92 Å². The van der Waals surface area contributed by atoms with Gasteiger partial charge in [-0.1, -0.05) is 13.8 Å². The molecule has 0 spiro atoms. The standard InChI is InChI=1S/C8H14F2O4/c1-5(2)6(14-4-13-3)8(9,10)7(11)12/h5-6H,4H2,1-3H3,(H,11,12)/p-1. The fourth-order valence-electron chi connectivity index (χ4n) is 0.973. The molecule has 0 aromatic rings. The van der Waals surface area contributed by atoms with E-state index >= 15 is 0 Å². The lowest BCUT2D eigenvalue weighted by atomic mass is 10.0. The number of carbonyl (C=O) groups excluding carboxylic acids is 1. The fourth-order valence-corrected chi connectivity index (χ4v) is 0.973. The maximum Gasteiger partial charge on any atom is 0.313 e. The van der Waals surface area contributed by atoms with Crippen molar-refractivity contribution in [2.45, 2.75) is 25.9 Å². The molecule has 0 fully saturated rings. The largest absolute Gasteiger partial charge is 0.544 e. The molecule has 0 aliphatic carbocycles. The fraction of sp³-hybridized carbons (Fsp3) is 0.875. The number of rotatable bonds is 6. The molecule has 4 nitrogen and oxygen atoms in total. The van der Waals surface area contributed by atoms with Crippen LogP contribution >= 0.6 is 0 Å². The molecule has 0 saturated heterocycles. The number of halogens is 2. The minimum atomic E-state index is -4.01. The lowest BCUT2D eigenvalue weighted by molar-refractivity contribution is -0.340. The van der Waals surface area contributed by atoms with Gasteiger partial charge >= 0.3 is 5.92 Å². The Morgan fingerprint density at radius 2 is 2.00 bits per heavy atom. The summed E-state index contributed by atoms with van der Waals surface area (Å²) in [7, 11) is 1.26. The van der Waals surface area contributed by atoms with Gasteiger partial charge in [-0.2, -0.15) is 8.78 Å². The molecule has 0 aliphatic rings. The van der Waals surface area contributed by atoms with E-state index in [0.29, 0.717) is 0 Å². The van der Waals surface area contributed by atoms with E-state index in [0.717, 1.165) is 0 Å². The van der Waals surface area contributed by atoms with E-state index in [9.17, 15) is 18.7 Å². The summed E-state index contributed by atoms with van der Waals surface area (Å²) in [6.07, 6.45) is -1.74. The second kappa shape index (κ2) is 5.21. The lowest BCUT2D eigenvalue weighted by Crippen LogP contribution is -2.52. The minimum Gasteiger partial charge on any atom is -0.544 e. The molecule has 0 aliphatic heterocycles. The molecule has 0 amide bonds. The third-order valence-electron chi connectivity index (χ3n) is 1.60. The second-order valence-electron chi connectivity index (χ2n) is 3.15. The van der Waals surface area contributed by atoms with Gasteiger partial charge < -0.3 is 19.4 Å². The number of ether oxygens (including phenoxy) is 2. The predicted molar refractivity (Wildman–Crippen MR) is 41.5 cm³/mol. The van der Waals surface area contributed by atoms with Gasteiger partial charge in [0.15, 0.2) is 0 Å². The van der Waals surface area contributed by atoms with Crippen LogP contribution in [-0.4, -0.2) is 31.9 Å². The normalized spacial score (nSPS) is 14.4. The summed E-state index contributed by atoms with van der Waals surface area (Å²) in [4.78, 5) is 10.1. The van der Waals surface area contributed by atoms with Gasteiger partial charge in [0.2, 0.25) is 0 Å². The Balaban J connectivity index is 4.55. The summed E-state index contributed by atoms with van der Waals surface area (Å²) in [6.45, 7) is 2.47. The first-order valence-electron chi connectivity index (χ1n) is 4.03. The molecule has 14 heavy (non-hydrogen) atoms. The molecule has 0 bridgehead atoms. The van der Waals surface area contributed by atoms with Crippen LogP contribution in [0.1, 0.15) is 13.8 Å². The number of carboxylic acid groups (broad SMARTS) is 1. The van der Waals surface area contributed by atoms with E-state index in [1.54, 1.807) is 0 Å². The molecule has 84 valence electrons. The zero-order chi connectivity index (χ0) is 11.4. The highest BCUT2D eigenvalue weighted by molar-refractivity contribution is 5.73. The van der Waals surface area contributed by atoms with Crippen molar-refractivity contribution in [1.82, 2.24) is 0 Å². The quantitative estimate of drug-likeness (QED) is 0.581. The molecule has 0 radical (unpaired) electrons. The van der Waals surface area contributed by atoms with Crippen LogP contribution in [0.3, 0.4) is 0 Å². The van der Waals surface area contributed by atoms with Gasteiger partial charge in [0.1, 0.15) is 18.9 Å². The molecular weight excluding hydrogens is 198 g/mol. The maximum absolute atomic E-state index is 12.9. The Hall–Kier alpha value is -0.750. The first-order valence-corrected chi connectivity index (χ1v) is 4.03. The number of carbonyl (C=O) groups is 1. The zero-order valence-electron chi connectivity index (χ0n) is 8.25. The van der Waals surface area contributed by atoms with Gasteiger partial charge in [0, 0.05) is 7.11 Å². The Kier molecular flexibility index (Phi) is 4.93. The van der Waals surface area contributed by atoms with Crippen molar-refractivity contribution in [2.24, 2.45) is 5.92 Å². The smallest absolute Gasteiger partial charge is 0.313 e. The van der Waals surface area contributed by atoms with Crippen LogP contribution in [0.2, 0.25) is 0 Å². The first kappa shape index (κ1) is 13.2. The summed E-state index contributed by atoms with van der Waals surface area (Å²) >= 11 is 0. The molecule has 1 atom stereocenters. The van der Waals surface area contributed by atoms with Gasteiger partial charge in [-0.15, -0.1) is 0 Å². The van der Waals surface area contributed by atoms with Crippen molar-refractivity contribution in [2.75, 3.05) is 13.9 Å². The molecule has 0 saturated carbocycles. The molecule has 0 aromatic carbocycles. The summed E-state index contributed by atoms with van der Waals surface area (Å²) < 4.78 is 34.9. The molecule has 0 rings (SSSR count). The second-order valence-corrected chi connectivity index (χ2v) is 3.15. The summed E-state index contributed by atoms with van der Waals surface area (Å²) in [6, 6.07) is 0. The van der Waals surface area contributed by atoms with E-state index in [4.69, 9.17) is 0 Å². The number of alkyl halides is 2. The number of aliphatic carboxylic acids is 1. The van der Waals surface area contributed by atoms with Crippen molar-refractivity contribution in [1.29, 1.82) is 0 Å². The highest BCUT2D eigenvalue weighted by Gasteiger charge is 2.44. The molecule has 0 aromatic heterocycles. The van der Waals surface area contributed by atoms with Crippen LogP contribution < -0.4 is 5.11 Å². The monoisotopic (exact) mass is 211 g/mol. The summed E-state index contributed by atoms with van der Waals surface area (Å²) in [5, 5.41) is 10.1. The van der Waals surface area contributed by atoms with Crippen LogP contribution in [-0.2, 0) is 14.3 Å². The Bertz CT molecular complexity index is 194. The molecule has 0 heterocycles. The summed E-state index contributed by atoms with van der Waals surface area (Å²) in [5.74, 6) is -7.10. The highest BCUT2D eigenvalue weighted by atomic mass is 19.3. The number of hydrogen-bond acceptors (Lipinski definition) is 4. The van der Waals surface area contributed by atoms with E-state index < -0.39 is 23.9 Å².